The number of para-hydroxylation sites is 1. The molecule has 6 N–H and O–H groups in total. The Morgan fingerprint density at radius 1 is 0.900 bits per heavy atom. The van der Waals surface area contributed by atoms with Gasteiger partial charge in [0, 0.05) is 11.6 Å². The molecule has 0 aliphatic heterocycles. The van der Waals surface area contributed by atoms with E-state index >= 15 is 0 Å². The van der Waals surface area contributed by atoms with Crippen molar-refractivity contribution in [2.24, 2.45) is 11.7 Å². The van der Waals surface area contributed by atoms with Gasteiger partial charge in [-0.05, 0) is 48.4 Å². The van der Waals surface area contributed by atoms with Crippen LogP contribution in [0.1, 0.15) is 37.8 Å². The first kappa shape index (κ1) is 38.1. The lowest BCUT2D eigenvalue weighted by Crippen LogP contribution is -2.53. The zero-order valence-corrected chi connectivity index (χ0v) is 29.5. The first-order chi connectivity index (χ1) is 23.7. The second-order valence-electron chi connectivity index (χ2n) is 12.3. The van der Waals surface area contributed by atoms with Crippen LogP contribution >= 0.6 is 7.37 Å². The number of hydrogen-bond acceptors (Lipinski definition) is 7. The summed E-state index contributed by atoms with van der Waals surface area (Å²) < 4.78 is 43.7. The van der Waals surface area contributed by atoms with Gasteiger partial charge in [-0.25, -0.2) is 8.42 Å². The molecule has 1 aromatic heterocycles. The van der Waals surface area contributed by atoms with E-state index in [1.807, 2.05) is 44.2 Å². The minimum Gasteiger partial charge on any atom is -0.368 e. The number of rotatable bonds is 17. The number of carbonyl (C=O) groups excluding carboxylic acids is 3. The second kappa shape index (κ2) is 17.3. The maximum Gasteiger partial charge on any atom is 0.243 e. The monoisotopic (exact) mass is 719 g/mol. The third-order valence-corrected chi connectivity index (χ3v) is 11.5. The Labute approximate surface area is 292 Å². The van der Waals surface area contributed by atoms with Gasteiger partial charge in [0.15, 0.2) is 0 Å². The Morgan fingerprint density at radius 3 is 2.22 bits per heavy atom. The van der Waals surface area contributed by atoms with Gasteiger partial charge in [-0.3, -0.25) is 23.9 Å². The van der Waals surface area contributed by atoms with E-state index in [2.05, 4.69) is 20.3 Å². The molecule has 264 valence electrons. The molecule has 14 heteroatoms. The predicted molar refractivity (Wildman–Crippen MR) is 193 cm³/mol. The molecule has 0 aliphatic rings. The van der Waals surface area contributed by atoms with Crippen molar-refractivity contribution in [3.63, 3.8) is 0 Å². The molecule has 0 fully saturated rings. The first-order valence-electron chi connectivity index (χ1n) is 16.1. The smallest absolute Gasteiger partial charge is 0.243 e. The summed E-state index contributed by atoms with van der Waals surface area (Å²) in [4.78, 5) is 54.3. The molecule has 0 spiro atoms. The molecule has 0 bridgehead atoms. The van der Waals surface area contributed by atoms with Crippen LogP contribution in [-0.4, -0.2) is 60.0 Å². The van der Waals surface area contributed by atoms with Crippen LogP contribution in [-0.2, 0) is 35.4 Å². The lowest BCUT2D eigenvalue weighted by molar-refractivity contribution is -0.131. The van der Waals surface area contributed by atoms with Crippen molar-refractivity contribution in [3.05, 3.63) is 114 Å². The van der Waals surface area contributed by atoms with E-state index in [-0.39, 0.29) is 35.6 Å². The third kappa shape index (κ3) is 10.9. The van der Waals surface area contributed by atoms with Gasteiger partial charge in [0.1, 0.15) is 28.9 Å². The fourth-order valence-corrected chi connectivity index (χ4v) is 8.87. The van der Waals surface area contributed by atoms with Crippen molar-refractivity contribution in [1.82, 2.24) is 20.3 Å². The summed E-state index contributed by atoms with van der Waals surface area (Å²) in [6.45, 7) is 3.65. The second-order valence-corrected chi connectivity index (χ2v) is 16.5. The fourth-order valence-electron chi connectivity index (χ4n) is 5.32. The van der Waals surface area contributed by atoms with Gasteiger partial charge in [-0.15, -0.1) is 0 Å². The van der Waals surface area contributed by atoms with Crippen LogP contribution in [0, 0.1) is 5.92 Å². The molecule has 0 saturated carbocycles. The molecule has 50 heavy (non-hydrogen) atoms. The third-order valence-electron chi connectivity index (χ3n) is 7.81. The predicted octanol–water partition coefficient (Wildman–Crippen LogP) is 3.96. The standard InChI is InChI=1S/C36H42N5O7PS/c1-25(2)22-30(36(44)40-29(35(37)43)19-9-16-26-12-5-3-6-13-26)39-32(42)24-49(45,46)33(23-27-14-7-4-8-15-27)41-50(47,48)31-20-10-17-28-18-11-21-38-34(28)31/h3-18,20-21,25,29-30,33,41H,19,22-24H2,1-2H3,(H2,37,43)(H,39,42)(H,40,44)(H,45,46)/t29-,30-,33?/m0/s1. The summed E-state index contributed by atoms with van der Waals surface area (Å²) in [5.74, 6) is -4.11. The number of nitrogens with one attached hydrogen (secondary N) is 3. The number of nitrogens with two attached hydrogens (primary N) is 1. The molecule has 3 aromatic carbocycles. The zero-order valence-electron chi connectivity index (χ0n) is 27.8. The molecule has 0 radical (unpaired) electrons. The Balaban J connectivity index is 1.52. The van der Waals surface area contributed by atoms with Crippen molar-refractivity contribution in [3.8, 4) is 0 Å². The SMILES string of the molecule is CC(C)C[C@H](NC(=O)CP(=O)(O)C(Cc1ccccc1)NS(=O)(=O)c1cccc2cccnc12)C(=O)N[C@@H](CC=Cc1ccccc1)C(N)=O. The molecule has 4 atom stereocenters. The summed E-state index contributed by atoms with van der Waals surface area (Å²) in [6.07, 6.45) is 3.98. The number of amides is 3. The fraction of sp³-hybridized carbons (Fsp3) is 0.278. The number of aromatic nitrogens is 1. The van der Waals surface area contributed by atoms with E-state index < -0.39 is 59.1 Å². The number of nitrogens with zero attached hydrogens (tertiary/aromatic N) is 1. The van der Waals surface area contributed by atoms with Crippen LogP contribution in [0.5, 0.6) is 0 Å². The van der Waals surface area contributed by atoms with E-state index in [0.717, 1.165) is 5.56 Å². The average molecular weight is 720 g/mol. The highest BCUT2D eigenvalue weighted by Gasteiger charge is 2.38. The van der Waals surface area contributed by atoms with E-state index in [1.54, 1.807) is 66.7 Å². The number of pyridine rings is 1. The summed E-state index contributed by atoms with van der Waals surface area (Å²) in [7, 11) is -9.06. The molecule has 2 unspecified atom stereocenters. The Hall–Kier alpha value is -4.68. The zero-order chi connectivity index (χ0) is 36.3. The molecule has 0 aliphatic carbocycles. The van der Waals surface area contributed by atoms with Crippen LogP contribution in [0.25, 0.3) is 17.0 Å². The lowest BCUT2D eigenvalue weighted by atomic mass is 10.0. The number of primary amides is 1. The molecular formula is C36H42N5O7PS. The van der Waals surface area contributed by atoms with Gasteiger partial charge in [0.25, 0.3) is 0 Å². The topological polar surface area (TPSA) is 198 Å². The summed E-state index contributed by atoms with van der Waals surface area (Å²) >= 11 is 0. The molecule has 0 saturated heterocycles. The van der Waals surface area contributed by atoms with Crippen molar-refractivity contribution >= 4 is 52.1 Å². The maximum atomic E-state index is 14.0. The lowest BCUT2D eigenvalue weighted by Gasteiger charge is -2.26. The minimum absolute atomic E-state index is 0.0936. The first-order valence-corrected chi connectivity index (χ1v) is 19.5. The summed E-state index contributed by atoms with van der Waals surface area (Å²) in [5, 5.41) is 5.67. The highest BCUT2D eigenvalue weighted by molar-refractivity contribution is 7.90. The van der Waals surface area contributed by atoms with Crippen molar-refractivity contribution in [1.29, 1.82) is 0 Å². The van der Waals surface area contributed by atoms with Crippen LogP contribution < -0.4 is 21.1 Å². The van der Waals surface area contributed by atoms with Gasteiger partial charge < -0.3 is 21.3 Å². The van der Waals surface area contributed by atoms with Crippen molar-refractivity contribution in [2.75, 3.05) is 6.16 Å². The molecule has 12 nitrogen and oxygen atoms in total. The highest BCUT2D eigenvalue weighted by Crippen LogP contribution is 2.46. The van der Waals surface area contributed by atoms with Crippen LogP contribution in [0.15, 0.2) is 108 Å². The molecule has 3 amide bonds. The van der Waals surface area contributed by atoms with Crippen LogP contribution in [0.3, 0.4) is 0 Å². The number of sulfonamides is 1. The summed E-state index contributed by atoms with van der Waals surface area (Å²) in [6, 6.07) is 23.5. The number of hydrogen-bond donors (Lipinski definition) is 5. The molecule has 1 heterocycles. The Morgan fingerprint density at radius 2 is 1.56 bits per heavy atom. The Kier molecular flexibility index (Phi) is 13.2. The Bertz CT molecular complexity index is 1970. The number of benzene rings is 3. The molecule has 4 aromatic rings. The van der Waals surface area contributed by atoms with Crippen LogP contribution in [0.2, 0.25) is 0 Å². The average Bonchev–Trinajstić information content (AvgIpc) is 3.07. The summed E-state index contributed by atoms with van der Waals surface area (Å²) in [5.41, 5.74) is 7.19. The largest absolute Gasteiger partial charge is 0.368 e. The maximum absolute atomic E-state index is 14.0. The number of fused-ring (bicyclic) bond motifs is 1. The molecular weight excluding hydrogens is 677 g/mol. The van der Waals surface area contributed by atoms with E-state index in [0.29, 0.717) is 10.9 Å². The van der Waals surface area contributed by atoms with E-state index in [4.69, 9.17) is 5.73 Å². The van der Waals surface area contributed by atoms with Gasteiger partial charge in [0.2, 0.25) is 35.1 Å². The van der Waals surface area contributed by atoms with Gasteiger partial charge in [0.05, 0.1) is 5.52 Å². The van der Waals surface area contributed by atoms with Gasteiger partial charge in [-0.2, -0.15) is 4.72 Å². The van der Waals surface area contributed by atoms with Gasteiger partial charge in [-0.1, -0.05) is 105 Å². The van der Waals surface area contributed by atoms with E-state index in [1.165, 1.54) is 12.3 Å². The van der Waals surface area contributed by atoms with E-state index in [9.17, 15) is 32.3 Å². The van der Waals surface area contributed by atoms with Crippen LogP contribution in [0.4, 0.5) is 0 Å². The highest BCUT2D eigenvalue weighted by atomic mass is 32.2. The number of carbonyl (C=O) groups is 3. The normalized spacial score (nSPS) is 14.9. The van der Waals surface area contributed by atoms with Gasteiger partial charge >= 0.3 is 0 Å². The van der Waals surface area contributed by atoms with Crippen molar-refractivity contribution in [2.45, 2.75) is 55.9 Å². The quantitative estimate of drug-likeness (QED) is 0.101. The van der Waals surface area contributed by atoms with Crippen molar-refractivity contribution < 1.29 is 32.3 Å². The minimum atomic E-state index is -4.65. The molecule has 4 rings (SSSR count).